The first kappa shape index (κ1) is 17.7. The SMILES string of the molecule is CCCCCCCCNC(=O)NCC(C)(O)C(=O)O. The van der Waals surface area contributed by atoms with Gasteiger partial charge in [0, 0.05) is 6.54 Å². The summed E-state index contributed by atoms with van der Waals surface area (Å²) < 4.78 is 0. The number of unbranched alkanes of at least 4 members (excludes halogenated alkanes) is 5. The van der Waals surface area contributed by atoms with E-state index in [1.54, 1.807) is 0 Å². The van der Waals surface area contributed by atoms with Crippen molar-refractivity contribution in [2.24, 2.45) is 0 Å². The van der Waals surface area contributed by atoms with Crippen molar-refractivity contribution in [3.05, 3.63) is 0 Å². The van der Waals surface area contributed by atoms with E-state index < -0.39 is 17.6 Å². The van der Waals surface area contributed by atoms with Crippen molar-refractivity contribution in [1.82, 2.24) is 10.6 Å². The van der Waals surface area contributed by atoms with E-state index in [1.807, 2.05) is 0 Å². The number of carbonyl (C=O) groups is 2. The third-order valence-corrected chi connectivity index (χ3v) is 2.87. The van der Waals surface area contributed by atoms with Crippen molar-refractivity contribution in [3.8, 4) is 0 Å². The number of nitrogens with one attached hydrogen (secondary N) is 2. The van der Waals surface area contributed by atoms with Gasteiger partial charge in [-0.1, -0.05) is 39.0 Å². The van der Waals surface area contributed by atoms with Gasteiger partial charge in [0.2, 0.25) is 0 Å². The number of hydrogen-bond acceptors (Lipinski definition) is 3. The molecule has 1 unspecified atom stereocenters. The lowest BCUT2D eigenvalue weighted by Crippen LogP contribution is -2.49. The van der Waals surface area contributed by atoms with E-state index in [9.17, 15) is 14.7 Å². The van der Waals surface area contributed by atoms with Crippen LogP contribution in [0.3, 0.4) is 0 Å². The molecule has 0 radical (unpaired) electrons. The topological polar surface area (TPSA) is 98.7 Å². The molecule has 0 aromatic rings. The number of carbonyl (C=O) groups excluding carboxylic acids is 1. The molecule has 2 amide bonds. The Kier molecular flexibility index (Phi) is 8.95. The summed E-state index contributed by atoms with van der Waals surface area (Å²) >= 11 is 0. The first-order valence-corrected chi connectivity index (χ1v) is 6.87. The maximum absolute atomic E-state index is 11.3. The van der Waals surface area contributed by atoms with Crippen LogP contribution < -0.4 is 10.6 Å². The van der Waals surface area contributed by atoms with Gasteiger partial charge in [0.1, 0.15) is 0 Å². The van der Waals surface area contributed by atoms with E-state index in [4.69, 9.17) is 5.11 Å². The number of carboxylic acid groups (broad SMARTS) is 1. The van der Waals surface area contributed by atoms with Gasteiger partial charge in [0.15, 0.2) is 5.60 Å². The second-order valence-electron chi connectivity index (χ2n) is 4.96. The minimum Gasteiger partial charge on any atom is -0.479 e. The summed E-state index contributed by atoms with van der Waals surface area (Å²) in [5.74, 6) is -1.36. The quantitative estimate of drug-likeness (QED) is 0.453. The van der Waals surface area contributed by atoms with Crippen LogP contribution in [0, 0.1) is 0 Å². The summed E-state index contributed by atoms with van der Waals surface area (Å²) in [6.45, 7) is 3.55. The highest BCUT2D eigenvalue weighted by Gasteiger charge is 2.30. The van der Waals surface area contributed by atoms with E-state index in [1.165, 1.54) is 25.7 Å². The number of aliphatic hydroxyl groups is 1. The van der Waals surface area contributed by atoms with E-state index in [0.717, 1.165) is 19.8 Å². The molecule has 4 N–H and O–H groups in total. The second kappa shape index (κ2) is 9.61. The Bertz CT molecular complexity index is 280. The molecule has 0 rings (SSSR count). The minimum absolute atomic E-state index is 0.315. The Hall–Kier alpha value is -1.30. The third kappa shape index (κ3) is 9.30. The lowest BCUT2D eigenvalue weighted by molar-refractivity contribution is -0.155. The smallest absolute Gasteiger partial charge is 0.337 e. The fraction of sp³-hybridized carbons (Fsp3) is 0.846. The molecule has 0 saturated carbocycles. The highest BCUT2D eigenvalue weighted by molar-refractivity contribution is 5.79. The van der Waals surface area contributed by atoms with Crippen molar-refractivity contribution in [1.29, 1.82) is 0 Å². The summed E-state index contributed by atoms with van der Waals surface area (Å²) in [6, 6.07) is -0.449. The van der Waals surface area contributed by atoms with Crippen LogP contribution >= 0.6 is 0 Å². The highest BCUT2D eigenvalue weighted by Crippen LogP contribution is 2.04. The number of amides is 2. The predicted molar refractivity (Wildman–Crippen MR) is 73.0 cm³/mol. The predicted octanol–water partition coefficient (Wildman–Crippen LogP) is 1.48. The van der Waals surface area contributed by atoms with Gasteiger partial charge in [0.25, 0.3) is 0 Å². The molecule has 0 saturated heterocycles. The molecule has 0 aliphatic carbocycles. The zero-order chi connectivity index (χ0) is 14.7. The Morgan fingerprint density at radius 2 is 1.63 bits per heavy atom. The molecular weight excluding hydrogens is 248 g/mol. The van der Waals surface area contributed by atoms with Crippen LogP contribution in [0.4, 0.5) is 4.79 Å². The van der Waals surface area contributed by atoms with Crippen molar-refractivity contribution in [2.75, 3.05) is 13.1 Å². The summed E-state index contributed by atoms with van der Waals surface area (Å²) in [5, 5.41) is 23.0. The largest absolute Gasteiger partial charge is 0.479 e. The zero-order valence-corrected chi connectivity index (χ0v) is 11.9. The van der Waals surface area contributed by atoms with Crippen LogP contribution in [0.5, 0.6) is 0 Å². The number of rotatable bonds is 10. The number of carboxylic acids is 1. The normalized spacial score (nSPS) is 13.6. The zero-order valence-electron chi connectivity index (χ0n) is 11.9. The lowest BCUT2D eigenvalue weighted by Gasteiger charge is -2.18. The van der Waals surface area contributed by atoms with Crippen LogP contribution in [0.1, 0.15) is 52.4 Å². The molecule has 19 heavy (non-hydrogen) atoms. The van der Waals surface area contributed by atoms with E-state index in [0.29, 0.717) is 6.54 Å². The Balaban J connectivity index is 3.53. The average Bonchev–Trinajstić information content (AvgIpc) is 2.35. The molecule has 0 bridgehead atoms. The number of hydrogen-bond donors (Lipinski definition) is 4. The molecule has 6 nitrogen and oxygen atoms in total. The summed E-state index contributed by atoms with van der Waals surface area (Å²) in [5.41, 5.74) is -1.93. The van der Waals surface area contributed by atoms with Gasteiger partial charge in [-0.3, -0.25) is 0 Å². The van der Waals surface area contributed by atoms with Gasteiger partial charge in [0.05, 0.1) is 6.54 Å². The molecule has 6 heteroatoms. The van der Waals surface area contributed by atoms with Crippen LogP contribution in [-0.4, -0.2) is 40.9 Å². The highest BCUT2D eigenvalue weighted by atomic mass is 16.4. The second-order valence-corrected chi connectivity index (χ2v) is 4.96. The molecule has 0 aliphatic rings. The molecule has 0 aromatic carbocycles. The summed E-state index contributed by atoms with van der Waals surface area (Å²) in [6.07, 6.45) is 6.84. The molecule has 0 aliphatic heterocycles. The molecule has 1 atom stereocenters. The first-order chi connectivity index (χ1) is 8.90. The molecular formula is C13H26N2O4. The van der Waals surface area contributed by atoms with Crippen LogP contribution in [0.25, 0.3) is 0 Å². The molecule has 0 fully saturated rings. The molecule has 112 valence electrons. The summed E-state index contributed by atoms with van der Waals surface area (Å²) in [4.78, 5) is 21.9. The van der Waals surface area contributed by atoms with Gasteiger partial charge < -0.3 is 20.8 Å². The fourth-order valence-corrected chi connectivity index (χ4v) is 1.50. The van der Waals surface area contributed by atoms with Crippen LogP contribution in [-0.2, 0) is 4.79 Å². The summed E-state index contributed by atoms with van der Waals surface area (Å²) in [7, 11) is 0. The Morgan fingerprint density at radius 3 is 2.21 bits per heavy atom. The van der Waals surface area contributed by atoms with Gasteiger partial charge in [-0.05, 0) is 13.3 Å². The van der Waals surface area contributed by atoms with Crippen LogP contribution in [0.15, 0.2) is 0 Å². The maximum Gasteiger partial charge on any atom is 0.337 e. The number of aliphatic carboxylic acids is 1. The van der Waals surface area contributed by atoms with E-state index in [-0.39, 0.29) is 6.54 Å². The molecule has 0 heterocycles. The first-order valence-electron chi connectivity index (χ1n) is 6.87. The van der Waals surface area contributed by atoms with Gasteiger partial charge in [-0.25, -0.2) is 9.59 Å². The van der Waals surface area contributed by atoms with Crippen molar-refractivity contribution >= 4 is 12.0 Å². The van der Waals surface area contributed by atoms with Crippen LogP contribution in [0.2, 0.25) is 0 Å². The van der Waals surface area contributed by atoms with Crippen molar-refractivity contribution in [3.63, 3.8) is 0 Å². The standard InChI is InChI=1S/C13H26N2O4/c1-3-4-5-6-7-8-9-14-12(18)15-10-13(2,19)11(16)17/h19H,3-10H2,1-2H3,(H,16,17)(H2,14,15,18). The maximum atomic E-state index is 11.3. The lowest BCUT2D eigenvalue weighted by atomic mass is 10.1. The van der Waals surface area contributed by atoms with Crippen molar-refractivity contribution < 1.29 is 19.8 Å². The number of urea groups is 1. The van der Waals surface area contributed by atoms with E-state index >= 15 is 0 Å². The Morgan fingerprint density at radius 1 is 1.05 bits per heavy atom. The third-order valence-electron chi connectivity index (χ3n) is 2.87. The molecule has 0 spiro atoms. The van der Waals surface area contributed by atoms with Gasteiger partial charge >= 0.3 is 12.0 Å². The average molecular weight is 274 g/mol. The fourth-order valence-electron chi connectivity index (χ4n) is 1.50. The minimum atomic E-state index is -1.93. The Labute approximate surface area is 114 Å². The van der Waals surface area contributed by atoms with E-state index in [2.05, 4.69) is 17.6 Å². The molecule has 0 aromatic heterocycles. The monoisotopic (exact) mass is 274 g/mol. The van der Waals surface area contributed by atoms with Gasteiger partial charge in [-0.2, -0.15) is 0 Å². The van der Waals surface area contributed by atoms with Gasteiger partial charge in [-0.15, -0.1) is 0 Å². The van der Waals surface area contributed by atoms with Crippen molar-refractivity contribution in [2.45, 2.75) is 58.0 Å².